The first-order valence-electron chi connectivity index (χ1n) is 7.47. The fourth-order valence-corrected chi connectivity index (χ4v) is 3.68. The van der Waals surface area contributed by atoms with E-state index in [0.717, 1.165) is 12.8 Å². The Morgan fingerprint density at radius 2 is 2.05 bits per heavy atom. The van der Waals surface area contributed by atoms with Gasteiger partial charge in [0.2, 0.25) is 0 Å². The maximum atomic E-state index is 6.31. The molecule has 2 unspecified atom stereocenters. The minimum absolute atomic E-state index is 0.142. The average molecular weight is 261 g/mol. The molecule has 0 aromatic rings. The number of rotatable bonds is 2. The first-order chi connectivity index (χ1) is 9.79. The highest BCUT2D eigenvalue weighted by Gasteiger charge is 2.35. The zero-order chi connectivity index (χ0) is 13.7. The minimum atomic E-state index is 0.142. The molecule has 2 N–H and O–H groups in total. The van der Waals surface area contributed by atoms with Crippen LogP contribution in [0.15, 0.2) is 82.0 Å². The molecule has 0 saturated carbocycles. The molecule has 100 valence electrons. The molecule has 0 aromatic heterocycles. The fraction of sp³-hybridized carbons (Fsp3) is 0.263. The van der Waals surface area contributed by atoms with Crippen molar-refractivity contribution >= 4 is 0 Å². The molecule has 0 saturated heterocycles. The van der Waals surface area contributed by atoms with Gasteiger partial charge in [-0.05, 0) is 46.3 Å². The SMILES string of the molecule is CCC(N)C1=CC=C2C=CC3=C4C(=CC=C1C24)CC=C3. The molecule has 4 aliphatic carbocycles. The van der Waals surface area contributed by atoms with Gasteiger partial charge in [-0.1, -0.05) is 55.5 Å². The molecule has 0 bridgehead atoms. The Morgan fingerprint density at radius 1 is 1.15 bits per heavy atom. The largest absolute Gasteiger partial charge is 0.324 e. The van der Waals surface area contributed by atoms with E-state index < -0.39 is 0 Å². The van der Waals surface area contributed by atoms with Gasteiger partial charge in [0.05, 0.1) is 0 Å². The topological polar surface area (TPSA) is 26.0 Å². The second kappa shape index (κ2) is 4.32. The standard InChI is InChI=1S/C19H19N/c1-2-17(20)15-10-8-14-7-6-12-4-3-5-13-9-11-16(15)19(14)18(12)13/h3-4,6-11,17,19H,2,5,20H2,1H3. The molecule has 2 atom stereocenters. The van der Waals surface area contributed by atoms with E-state index in [1.165, 1.54) is 33.4 Å². The summed E-state index contributed by atoms with van der Waals surface area (Å²) in [6.07, 6.45) is 20.2. The van der Waals surface area contributed by atoms with E-state index >= 15 is 0 Å². The van der Waals surface area contributed by atoms with Crippen LogP contribution in [0.2, 0.25) is 0 Å². The Morgan fingerprint density at radius 3 is 2.90 bits per heavy atom. The Bertz CT molecular complexity index is 689. The lowest BCUT2D eigenvalue weighted by atomic mass is 9.66. The van der Waals surface area contributed by atoms with E-state index in [4.69, 9.17) is 5.73 Å². The fourth-order valence-electron chi connectivity index (χ4n) is 3.68. The van der Waals surface area contributed by atoms with Gasteiger partial charge in [0.15, 0.2) is 0 Å². The summed E-state index contributed by atoms with van der Waals surface area (Å²) in [7, 11) is 0. The average Bonchev–Trinajstić information content (AvgIpc) is 2.51. The van der Waals surface area contributed by atoms with Crippen molar-refractivity contribution in [3.63, 3.8) is 0 Å². The van der Waals surface area contributed by atoms with Gasteiger partial charge in [-0.25, -0.2) is 0 Å². The molecule has 0 amide bonds. The predicted molar refractivity (Wildman–Crippen MR) is 84.0 cm³/mol. The number of hydrogen-bond donors (Lipinski definition) is 1. The van der Waals surface area contributed by atoms with E-state index in [1.807, 2.05) is 0 Å². The van der Waals surface area contributed by atoms with Crippen LogP contribution in [0.3, 0.4) is 0 Å². The van der Waals surface area contributed by atoms with Gasteiger partial charge in [0.1, 0.15) is 0 Å². The lowest BCUT2D eigenvalue weighted by Crippen LogP contribution is -2.30. The third-order valence-electron chi connectivity index (χ3n) is 4.77. The Balaban J connectivity index is 1.92. The van der Waals surface area contributed by atoms with Crippen LogP contribution in [0.1, 0.15) is 19.8 Å². The van der Waals surface area contributed by atoms with Crippen LogP contribution in [0.25, 0.3) is 0 Å². The van der Waals surface area contributed by atoms with Crippen LogP contribution in [-0.2, 0) is 0 Å². The molecule has 20 heavy (non-hydrogen) atoms. The summed E-state index contributed by atoms with van der Waals surface area (Å²) in [6, 6.07) is 0.142. The monoisotopic (exact) mass is 261 g/mol. The molecule has 0 spiro atoms. The van der Waals surface area contributed by atoms with E-state index in [-0.39, 0.29) is 6.04 Å². The lowest BCUT2D eigenvalue weighted by Gasteiger charge is -2.38. The van der Waals surface area contributed by atoms with Gasteiger partial charge < -0.3 is 5.73 Å². The molecule has 1 nitrogen and oxygen atoms in total. The van der Waals surface area contributed by atoms with Crippen molar-refractivity contribution in [2.24, 2.45) is 11.7 Å². The van der Waals surface area contributed by atoms with Crippen LogP contribution in [0, 0.1) is 5.92 Å². The van der Waals surface area contributed by atoms with Gasteiger partial charge in [0, 0.05) is 12.0 Å². The van der Waals surface area contributed by atoms with Crippen molar-refractivity contribution in [1.82, 2.24) is 0 Å². The Labute approximate surface area is 120 Å². The summed E-state index contributed by atoms with van der Waals surface area (Å²) in [5, 5.41) is 0. The number of nitrogens with two attached hydrogens (primary N) is 1. The minimum Gasteiger partial charge on any atom is -0.324 e. The summed E-state index contributed by atoms with van der Waals surface area (Å²) < 4.78 is 0. The molecule has 4 rings (SSSR count). The third-order valence-corrected chi connectivity index (χ3v) is 4.77. The highest BCUT2D eigenvalue weighted by Crippen LogP contribution is 2.48. The van der Waals surface area contributed by atoms with Crippen molar-refractivity contribution in [3.8, 4) is 0 Å². The molecule has 4 aliphatic rings. The Hall–Kier alpha value is -1.86. The quantitative estimate of drug-likeness (QED) is 0.801. The van der Waals surface area contributed by atoms with Crippen LogP contribution in [0.4, 0.5) is 0 Å². The van der Waals surface area contributed by atoms with Crippen molar-refractivity contribution in [1.29, 1.82) is 0 Å². The van der Waals surface area contributed by atoms with E-state index in [2.05, 4.69) is 55.5 Å². The Kier molecular flexibility index (Phi) is 2.58. The van der Waals surface area contributed by atoms with E-state index in [1.54, 1.807) is 0 Å². The second-order valence-electron chi connectivity index (χ2n) is 5.86. The number of hydrogen-bond acceptors (Lipinski definition) is 1. The van der Waals surface area contributed by atoms with Crippen LogP contribution in [0.5, 0.6) is 0 Å². The van der Waals surface area contributed by atoms with E-state index in [0.29, 0.717) is 5.92 Å². The van der Waals surface area contributed by atoms with Crippen molar-refractivity contribution in [2.45, 2.75) is 25.8 Å². The normalized spacial score (nSPS) is 27.4. The molecule has 0 fully saturated rings. The van der Waals surface area contributed by atoms with Gasteiger partial charge in [-0.2, -0.15) is 0 Å². The highest BCUT2D eigenvalue weighted by molar-refractivity contribution is 5.68. The van der Waals surface area contributed by atoms with Crippen molar-refractivity contribution in [2.75, 3.05) is 0 Å². The van der Waals surface area contributed by atoms with Crippen LogP contribution >= 0.6 is 0 Å². The summed E-state index contributed by atoms with van der Waals surface area (Å²) in [5.41, 5.74) is 14.8. The summed E-state index contributed by atoms with van der Waals surface area (Å²) in [6.45, 7) is 2.16. The molecule has 0 heterocycles. The smallest absolute Gasteiger partial charge is 0.0352 e. The summed E-state index contributed by atoms with van der Waals surface area (Å²) in [4.78, 5) is 0. The summed E-state index contributed by atoms with van der Waals surface area (Å²) in [5.74, 6) is 0.414. The zero-order valence-electron chi connectivity index (χ0n) is 11.8. The molecule has 1 heteroatoms. The molecule has 0 aromatic carbocycles. The van der Waals surface area contributed by atoms with E-state index in [9.17, 15) is 0 Å². The molecular formula is C19H19N. The first-order valence-corrected chi connectivity index (χ1v) is 7.47. The third kappa shape index (κ3) is 1.53. The zero-order valence-corrected chi connectivity index (χ0v) is 11.8. The van der Waals surface area contributed by atoms with Gasteiger partial charge in [-0.3, -0.25) is 0 Å². The van der Waals surface area contributed by atoms with Crippen LogP contribution in [-0.4, -0.2) is 6.04 Å². The number of allylic oxidation sites excluding steroid dienone is 12. The van der Waals surface area contributed by atoms with Gasteiger partial charge >= 0.3 is 0 Å². The summed E-state index contributed by atoms with van der Waals surface area (Å²) >= 11 is 0. The van der Waals surface area contributed by atoms with Crippen molar-refractivity contribution in [3.05, 3.63) is 82.0 Å². The molecule has 0 radical (unpaired) electrons. The first kappa shape index (κ1) is 11.9. The van der Waals surface area contributed by atoms with Gasteiger partial charge in [-0.15, -0.1) is 0 Å². The van der Waals surface area contributed by atoms with Crippen LogP contribution < -0.4 is 5.73 Å². The van der Waals surface area contributed by atoms with Gasteiger partial charge in [0.25, 0.3) is 0 Å². The highest BCUT2D eigenvalue weighted by atomic mass is 14.6. The molecule has 0 aliphatic heterocycles. The predicted octanol–water partition coefficient (Wildman–Crippen LogP) is 3.90. The second-order valence-corrected chi connectivity index (χ2v) is 5.86. The maximum absolute atomic E-state index is 6.31. The lowest BCUT2D eigenvalue weighted by molar-refractivity contribution is 0.705. The maximum Gasteiger partial charge on any atom is 0.0352 e. The molecular weight excluding hydrogens is 242 g/mol. The van der Waals surface area contributed by atoms with Crippen molar-refractivity contribution < 1.29 is 0 Å².